The Balaban J connectivity index is 1.52. The lowest BCUT2D eigenvalue weighted by atomic mass is 9.94. The van der Waals surface area contributed by atoms with Gasteiger partial charge in [0.15, 0.2) is 5.82 Å². The average molecular weight is 502 g/mol. The van der Waals surface area contributed by atoms with Crippen molar-refractivity contribution in [3.63, 3.8) is 0 Å². The van der Waals surface area contributed by atoms with Crippen LogP contribution in [0, 0.1) is 5.82 Å². The van der Waals surface area contributed by atoms with Gasteiger partial charge < -0.3 is 5.32 Å². The standard InChI is InChI=1S/C24H16ClF4N5O/c25-16-3-1-2-14(10-16)23(6-7-23)22(35)30-18-4-5-19(20(12-18)21-31-33-34-32-21)13-8-15(24(27,28)29)11-17(26)9-13/h1-5,8-12H,6-7H2,(H,30,35)(H,31,32,33,34). The predicted octanol–water partition coefficient (Wildman–Crippen LogP) is 6.02. The number of nitrogens with one attached hydrogen (secondary N) is 2. The Kier molecular flexibility index (Phi) is 5.55. The number of tetrazole rings is 1. The van der Waals surface area contributed by atoms with Crippen LogP contribution in [0.2, 0.25) is 5.02 Å². The van der Waals surface area contributed by atoms with Crippen molar-refractivity contribution in [3.05, 3.63) is 82.6 Å². The third kappa shape index (κ3) is 4.49. The molecule has 0 radical (unpaired) electrons. The molecule has 0 spiro atoms. The molecule has 35 heavy (non-hydrogen) atoms. The van der Waals surface area contributed by atoms with Gasteiger partial charge in [0.2, 0.25) is 5.91 Å². The highest BCUT2D eigenvalue weighted by atomic mass is 35.5. The van der Waals surface area contributed by atoms with Crippen molar-refractivity contribution in [3.8, 4) is 22.5 Å². The van der Waals surface area contributed by atoms with Crippen LogP contribution in [0.15, 0.2) is 60.7 Å². The Bertz CT molecular complexity index is 1420. The summed E-state index contributed by atoms with van der Waals surface area (Å²) < 4.78 is 53.9. The number of alkyl halides is 3. The summed E-state index contributed by atoms with van der Waals surface area (Å²) >= 11 is 6.10. The van der Waals surface area contributed by atoms with E-state index >= 15 is 0 Å². The first-order valence-electron chi connectivity index (χ1n) is 10.5. The normalized spacial score (nSPS) is 14.5. The molecule has 11 heteroatoms. The lowest BCUT2D eigenvalue weighted by Crippen LogP contribution is -2.27. The highest BCUT2D eigenvalue weighted by molar-refractivity contribution is 6.30. The van der Waals surface area contributed by atoms with Gasteiger partial charge in [-0.1, -0.05) is 29.8 Å². The fourth-order valence-corrected chi connectivity index (χ4v) is 4.25. The lowest BCUT2D eigenvalue weighted by molar-refractivity contribution is -0.137. The zero-order chi connectivity index (χ0) is 24.8. The number of benzene rings is 3. The van der Waals surface area contributed by atoms with Gasteiger partial charge in [0.05, 0.1) is 11.0 Å². The minimum atomic E-state index is -4.72. The van der Waals surface area contributed by atoms with E-state index in [1.54, 1.807) is 18.2 Å². The molecule has 1 aliphatic rings. The third-order valence-electron chi connectivity index (χ3n) is 5.98. The number of anilines is 1. The number of aromatic amines is 1. The van der Waals surface area contributed by atoms with E-state index in [0.29, 0.717) is 35.2 Å². The van der Waals surface area contributed by atoms with Crippen molar-refractivity contribution in [2.75, 3.05) is 5.32 Å². The van der Waals surface area contributed by atoms with Gasteiger partial charge in [0, 0.05) is 16.3 Å². The summed E-state index contributed by atoms with van der Waals surface area (Å²) in [6.45, 7) is 0. The van der Waals surface area contributed by atoms with E-state index < -0.39 is 23.0 Å². The first-order valence-corrected chi connectivity index (χ1v) is 10.9. The molecule has 4 aromatic rings. The molecule has 1 saturated carbocycles. The molecule has 0 saturated heterocycles. The van der Waals surface area contributed by atoms with E-state index in [-0.39, 0.29) is 22.9 Å². The van der Waals surface area contributed by atoms with Gasteiger partial charge in [-0.15, -0.1) is 5.10 Å². The number of amides is 1. The molecule has 2 N–H and O–H groups in total. The van der Waals surface area contributed by atoms with E-state index in [1.165, 1.54) is 18.2 Å². The van der Waals surface area contributed by atoms with Crippen molar-refractivity contribution >= 4 is 23.2 Å². The molecule has 1 aromatic heterocycles. The largest absolute Gasteiger partial charge is 0.416 e. The highest BCUT2D eigenvalue weighted by Gasteiger charge is 2.51. The van der Waals surface area contributed by atoms with Gasteiger partial charge >= 0.3 is 6.18 Å². The summed E-state index contributed by atoms with van der Waals surface area (Å²) in [5.41, 5.74) is -0.115. The minimum Gasteiger partial charge on any atom is -0.325 e. The second-order valence-corrected chi connectivity index (χ2v) is 8.72. The first-order chi connectivity index (χ1) is 16.7. The van der Waals surface area contributed by atoms with E-state index in [4.69, 9.17) is 11.6 Å². The number of H-pyrrole nitrogens is 1. The maximum atomic E-state index is 14.1. The van der Waals surface area contributed by atoms with Crippen LogP contribution in [0.25, 0.3) is 22.5 Å². The summed E-state index contributed by atoms with van der Waals surface area (Å²) in [7, 11) is 0. The molecule has 0 aliphatic heterocycles. The van der Waals surface area contributed by atoms with Crippen molar-refractivity contribution in [2.45, 2.75) is 24.4 Å². The fraction of sp³-hybridized carbons (Fsp3) is 0.167. The van der Waals surface area contributed by atoms with Gasteiger partial charge in [-0.25, -0.2) is 9.49 Å². The predicted molar refractivity (Wildman–Crippen MR) is 121 cm³/mol. The van der Waals surface area contributed by atoms with E-state index in [1.807, 2.05) is 6.07 Å². The Morgan fingerprint density at radius 1 is 1.03 bits per heavy atom. The smallest absolute Gasteiger partial charge is 0.325 e. The SMILES string of the molecule is O=C(Nc1ccc(-c2cc(F)cc(C(F)(F)F)c2)c(-c2nnn[nH]2)c1)C1(c2cccc(Cl)c2)CC1. The zero-order valence-corrected chi connectivity index (χ0v) is 18.6. The molecule has 6 nitrogen and oxygen atoms in total. The summed E-state index contributed by atoms with van der Waals surface area (Å²) in [5, 5.41) is 16.8. The average Bonchev–Trinajstić information content (AvgIpc) is 3.45. The molecule has 0 atom stereocenters. The maximum absolute atomic E-state index is 14.1. The molecule has 5 rings (SSSR count). The molecule has 1 aliphatic carbocycles. The van der Waals surface area contributed by atoms with E-state index in [0.717, 1.165) is 17.7 Å². The summed E-state index contributed by atoms with van der Waals surface area (Å²) in [5.74, 6) is -1.13. The van der Waals surface area contributed by atoms with Crippen LogP contribution in [0.3, 0.4) is 0 Å². The second-order valence-electron chi connectivity index (χ2n) is 8.28. The summed E-state index contributed by atoms with van der Waals surface area (Å²) in [6.07, 6.45) is -3.42. The van der Waals surface area contributed by atoms with Gasteiger partial charge in [-0.05, 0) is 82.4 Å². The number of aromatic nitrogens is 4. The Morgan fingerprint density at radius 2 is 1.83 bits per heavy atom. The van der Waals surface area contributed by atoms with Crippen molar-refractivity contribution < 1.29 is 22.4 Å². The lowest BCUT2D eigenvalue weighted by Gasteiger charge is -2.17. The third-order valence-corrected chi connectivity index (χ3v) is 6.21. The Morgan fingerprint density at radius 3 is 2.49 bits per heavy atom. The van der Waals surface area contributed by atoms with Crippen LogP contribution >= 0.6 is 11.6 Å². The number of hydrogen-bond acceptors (Lipinski definition) is 4. The van der Waals surface area contributed by atoms with Gasteiger partial charge in [0.1, 0.15) is 5.82 Å². The number of carbonyl (C=O) groups excluding carboxylic acids is 1. The number of hydrogen-bond donors (Lipinski definition) is 2. The van der Waals surface area contributed by atoms with Crippen LogP contribution < -0.4 is 5.32 Å². The molecule has 1 heterocycles. The zero-order valence-electron chi connectivity index (χ0n) is 17.8. The first kappa shape index (κ1) is 23.0. The van der Waals surface area contributed by atoms with E-state index in [9.17, 15) is 22.4 Å². The molecule has 1 amide bonds. The molecule has 3 aromatic carbocycles. The molecule has 1 fully saturated rings. The summed E-state index contributed by atoms with van der Waals surface area (Å²) in [6, 6.07) is 13.9. The molecule has 178 valence electrons. The van der Waals surface area contributed by atoms with Gasteiger partial charge in [0.25, 0.3) is 0 Å². The second kappa shape index (κ2) is 8.46. The van der Waals surface area contributed by atoms with Crippen molar-refractivity contribution in [1.29, 1.82) is 0 Å². The topological polar surface area (TPSA) is 83.6 Å². The van der Waals surface area contributed by atoms with Crippen LogP contribution in [-0.2, 0) is 16.4 Å². The number of nitrogens with zero attached hydrogens (tertiary/aromatic N) is 3. The maximum Gasteiger partial charge on any atom is 0.416 e. The number of carbonyl (C=O) groups is 1. The van der Waals surface area contributed by atoms with Crippen molar-refractivity contribution in [1.82, 2.24) is 20.6 Å². The molecular weight excluding hydrogens is 486 g/mol. The van der Waals surface area contributed by atoms with Crippen LogP contribution in [0.1, 0.15) is 24.0 Å². The number of rotatable bonds is 5. The number of halogens is 5. The van der Waals surface area contributed by atoms with E-state index in [2.05, 4.69) is 25.9 Å². The van der Waals surface area contributed by atoms with Crippen LogP contribution in [0.4, 0.5) is 23.2 Å². The quantitative estimate of drug-likeness (QED) is 0.328. The molecular formula is C24H16ClF4N5O. The monoisotopic (exact) mass is 501 g/mol. The van der Waals surface area contributed by atoms with Gasteiger partial charge in [-0.2, -0.15) is 13.2 Å². The van der Waals surface area contributed by atoms with Crippen LogP contribution in [-0.4, -0.2) is 26.5 Å². The van der Waals surface area contributed by atoms with Crippen LogP contribution in [0.5, 0.6) is 0 Å². The van der Waals surface area contributed by atoms with Crippen molar-refractivity contribution in [2.24, 2.45) is 0 Å². The molecule has 0 bridgehead atoms. The fourth-order valence-electron chi connectivity index (χ4n) is 4.06. The summed E-state index contributed by atoms with van der Waals surface area (Å²) in [4.78, 5) is 13.2. The Hall–Kier alpha value is -3.79. The minimum absolute atomic E-state index is 0.0146. The Labute approximate surface area is 201 Å². The highest BCUT2D eigenvalue weighted by Crippen LogP contribution is 2.49. The van der Waals surface area contributed by atoms with Gasteiger partial charge in [-0.3, -0.25) is 4.79 Å². The molecule has 0 unspecified atom stereocenters.